The van der Waals surface area contributed by atoms with Crippen molar-refractivity contribution < 1.29 is 0 Å². The molecule has 1 heterocycles. The van der Waals surface area contributed by atoms with E-state index in [1.807, 2.05) is 38.1 Å². The lowest BCUT2D eigenvalue weighted by Gasteiger charge is -2.12. The molecule has 3 aromatic rings. The molecule has 5 nitrogen and oxygen atoms in total. The summed E-state index contributed by atoms with van der Waals surface area (Å²) in [7, 11) is 0. The van der Waals surface area contributed by atoms with Crippen LogP contribution in [0.4, 0.5) is 5.69 Å². The quantitative estimate of drug-likeness (QED) is 0.692. The maximum absolute atomic E-state index is 12.8. The third kappa shape index (κ3) is 2.30. The molecule has 110 valence electrons. The molecule has 22 heavy (non-hydrogen) atoms. The molecule has 0 aliphatic carbocycles. The van der Waals surface area contributed by atoms with E-state index in [2.05, 4.69) is 10.2 Å². The first kappa shape index (κ1) is 14.1. The van der Waals surface area contributed by atoms with Crippen LogP contribution >= 0.6 is 0 Å². The Bertz CT molecular complexity index is 912. The molecule has 0 aliphatic rings. The van der Waals surface area contributed by atoms with Crippen LogP contribution in [0.25, 0.3) is 16.6 Å². The van der Waals surface area contributed by atoms with E-state index < -0.39 is 0 Å². The average molecular weight is 293 g/mol. The van der Waals surface area contributed by atoms with Crippen LogP contribution in [0, 0.1) is 11.8 Å². The molecule has 5 heteroatoms. The Kier molecular flexibility index (Phi) is 3.55. The summed E-state index contributed by atoms with van der Waals surface area (Å²) in [5.41, 5.74) is 2.56. The molecule has 0 spiro atoms. The molecule has 2 aromatic carbocycles. The molecule has 0 fully saturated rings. The zero-order valence-corrected chi connectivity index (χ0v) is 12.4. The van der Waals surface area contributed by atoms with Gasteiger partial charge in [0, 0.05) is 6.42 Å². The van der Waals surface area contributed by atoms with Crippen molar-refractivity contribution in [3.8, 4) is 5.69 Å². The summed E-state index contributed by atoms with van der Waals surface area (Å²) in [4.78, 5) is 28.0. The predicted octanol–water partition coefficient (Wildman–Crippen LogP) is 3.65. The summed E-state index contributed by atoms with van der Waals surface area (Å²) in [5.74, 6) is 0.657. The number of nitroso groups, excluding NO2 is 1. The second kappa shape index (κ2) is 5.52. The minimum Gasteiger partial charge on any atom is -0.268 e. The van der Waals surface area contributed by atoms with Crippen molar-refractivity contribution in [3.05, 3.63) is 69.1 Å². The molecular formula is C17H15N3O2. The van der Waals surface area contributed by atoms with Gasteiger partial charge in [0.25, 0.3) is 5.56 Å². The number of aromatic nitrogens is 2. The largest absolute Gasteiger partial charge is 0.268 e. The van der Waals surface area contributed by atoms with Crippen LogP contribution in [0.15, 0.2) is 52.4 Å². The fourth-order valence-corrected chi connectivity index (χ4v) is 2.47. The molecule has 0 bridgehead atoms. The molecular weight excluding hydrogens is 278 g/mol. The number of hydrogen-bond acceptors (Lipinski definition) is 4. The normalized spacial score (nSPS) is 10.8. The highest BCUT2D eigenvalue weighted by Gasteiger charge is 2.12. The van der Waals surface area contributed by atoms with Gasteiger partial charge in [-0.15, -0.1) is 4.91 Å². The third-order valence-corrected chi connectivity index (χ3v) is 3.64. The SMILES string of the molecule is CCc1nc2cc(N=O)ccc2c(=O)n1-c1ccc(C)cc1. The Morgan fingerprint density at radius 3 is 2.50 bits per heavy atom. The van der Waals surface area contributed by atoms with Gasteiger partial charge in [-0.25, -0.2) is 4.98 Å². The van der Waals surface area contributed by atoms with Crippen molar-refractivity contribution in [2.45, 2.75) is 20.3 Å². The second-order valence-corrected chi connectivity index (χ2v) is 5.15. The Labute approximate surface area is 127 Å². The molecule has 0 saturated carbocycles. The van der Waals surface area contributed by atoms with Gasteiger partial charge in [-0.1, -0.05) is 24.6 Å². The van der Waals surface area contributed by atoms with Crippen LogP contribution in [0.5, 0.6) is 0 Å². The Balaban J connectivity index is 2.34. The summed E-state index contributed by atoms with van der Waals surface area (Å²) in [5, 5.41) is 3.37. The van der Waals surface area contributed by atoms with Crippen LogP contribution in [-0.4, -0.2) is 9.55 Å². The van der Waals surface area contributed by atoms with Crippen molar-refractivity contribution >= 4 is 16.6 Å². The van der Waals surface area contributed by atoms with Gasteiger partial charge in [0.1, 0.15) is 11.5 Å². The fourth-order valence-electron chi connectivity index (χ4n) is 2.47. The monoisotopic (exact) mass is 293 g/mol. The molecule has 0 aliphatic heterocycles. The molecule has 0 radical (unpaired) electrons. The van der Waals surface area contributed by atoms with Crippen molar-refractivity contribution in [3.63, 3.8) is 0 Å². The summed E-state index contributed by atoms with van der Waals surface area (Å²) in [6.07, 6.45) is 0.609. The first-order valence-corrected chi connectivity index (χ1v) is 7.10. The number of hydrogen-bond donors (Lipinski definition) is 0. The minimum absolute atomic E-state index is 0.136. The Morgan fingerprint density at radius 2 is 1.86 bits per heavy atom. The first-order chi connectivity index (χ1) is 10.6. The van der Waals surface area contributed by atoms with Gasteiger partial charge in [-0.05, 0) is 42.4 Å². The topological polar surface area (TPSA) is 64.3 Å². The van der Waals surface area contributed by atoms with Gasteiger partial charge in [0.05, 0.1) is 16.6 Å². The van der Waals surface area contributed by atoms with Crippen molar-refractivity contribution in [1.82, 2.24) is 9.55 Å². The second-order valence-electron chi connectivity index (χ2n) is 5.15. The molecule has 3 rings (SSSR count). The zero-order valence-electron chi connectivity index (χ0n) is 12.4. The average Bonchev–Trinajstić information content (AvgIpc) is 2.55. The summed E-state index contributed by atoms with van der Waals surface area (Å²) < 4.78 is 1.62. The van der Waals surface area contributed by atoms with E-state index in [9.17, 15) is 9.70 Å². The van der Waals surface area contributed by atoms with Gasteiger partial charge in [0.15, 0.2) is 0 Å². The van der Waals surface area contributed by atoms with Gasteiger partial charge < -0.3 is 0 Å². The highest BCUT2D eigenvalue weighted by atomic mass is 16.3. The van der Waals surface area contributed by atoms with Gasteiger partial charge in [0.2, 0.25) is 0 Å². The summed E-state index contributed by atoms with van der Waals surface area (Å²) in [6, 6.07) is 12.4. The van der Waals surface area contributed by atoms with Gasteiger partial charge in [-0.2, -0.15) is 0 Å². The van der Waals surface area contributed by atoms with Gasteiger partial charge >= 0.3 is 0 Å². The fraction of sp³-hybridized carbons (Fsp3) is 0.176. The van der Waals surface area contributed by atoms with E-state index in [4.69, 9.17) is 0 Å². The van der Waals surface area contributed by atoms with Crippen molar-refractivity contribution in [2.75, 3.05) is 0 Å². The van der Waals surface area contributed by atoms with Crippen LogP contribution < -0.4 is 5.56 Å². The molecule has 1 aromatic heterocycles. The number of nitrogens with zero attached hydrogens (tertiary/aromatic N) is 3. The highest BCUT2D eigenvalue weighted by molar-refractivity contribution is 5.81. The molecule has 0 N–H and O–H groups in total. The third-order valence-electron chi connectivity index (χ3n) is 3.64. The maximum atomic E-state index is 12.8. The number of benzene rings is 2. The van der Waals surface area contributed by atoms with Gasteiger partial charge in [-0.3, -0.25) is 9.36 Å². The van der Waals surface area contributed by atoms with Crippen LogP contribution in [0.1, 0.15) is 18.3 Å². The lowest BCUT2D eigenvalue weighted by molar-refractivity contribution is 0.833. The minimum atomic E-state index is -0.136. The molecule has 0 amide bonds. The molecule has 0 atom stereocenters. The number of fused-ring (bicyclic) bond motifs is 1. The first-order valence-electron chi connectivity index (χ1n) is 7.10. The van der Waals surface area contributed by atoms with E-state index in [-0.39, 0.29) is 11.2 Å². The Hall–Kier alpha value is -2.82. The zero-order chi connectivity index (χ0) is 15.7. The summed E-state index contributed by atoms with van der Waals surface area (Å²) in [6.45, 7) is 3.94. The highest BCUT2D eigenvalue weighted by Crippen LogP contribution is 2.19. The smallest absolute Gasteiger partial charge is 0.265 e. The molecule has 0 saturated heterocycles. The van der Waals surface area contributed by atoms with E-state index in [1.165, 1.54) is 6.07 Å². The standard InChI is InChI=1S/C17H15N3O2/c1-3-16-18-15-10-12(19-22)6-9-14(15)17(21)20(16)13-7-4-11(2)5-8-13/h4-10H,3H2,1-2H3. The van der Waals surface area contributed by atoms with E-state index >= 15 is 0 Å². The van der Waals surface area contributed by atoms with E-state index in [1.54, 1.807) is 16.7 Å². The van der Waals surface area contributed by atoms with E-state index in [0.717, 1.165) is 11.3 Å². The van der Waals surface area contributed by atoms with Crippen molar-refractivity contribution in [1.29, 1.82) is 0 Å². The lowest BCUT2D eigenvalue weighted by Crippen LogP contribution is -2.23. The maximum Gasteiger partial charge on any atom is 0.265 e. The van der Waals surface area contributed by atoms with Crippen LogP contribution in [0.2, 0.25) is 0 Å². The van der Waals surface area contributed by atoms with E-state index in [0.29, 0.717) is 23.1 Å². The van der Waals surface area contributed by atoms with Crippen LogP contribution in [-0.2, 0) is 6.42 Å². The summed E-state index contributed by atoms with van der Waals surface area (Å²) >= 11 is 0. The number of rotatable bonds is 3. The molecule has 0 unspecified atom stereocenters. The van der Waals surface area contributed by atoms with Crippen LogP contribution in [0.3, 0.4) is 0 Å². The number of aryl methyl sites for hydroxylation is 2. The Morgan fingerprint density at radius 1 is 1.14 bits per heavy atom. The predicted molar refractivity (Wildman–Crippen MR) is 86.9 cm³/mol. The lowest BCUT2D eigenvalue weighted by atomic mass is 10.2. The van der Waals surface area contributed by atoms with Crippen molar-refractivity contribution in [2.24, 2.45) is 5.18 Å².